The van der Waals surface area contributed by atoms with Crippen molar-refractivity contribution in [2.75, 3.05) is 9.80 Å². The molecule has 1 aromatic carbocycles. The number of aryl methyl sites for hydroxylation is 2. The minimum atomic E-state index is -0.0145. The number of benzene rings is 1. The van der Waals surface area contributed by atoms with Crippen molar-refractivity contribution in [1.82, 2.24) is 9.97 Å². The first kappa shape index (κ1) is 15.4. The molecule has 1 aliphatic carbocycles. The van der Waals surface area contributed by atoms with Gasteiger partial charge in [-0.2, -0.15) is 4.98 Å². The fourth-order valence-corrected chi connectivity index (χ4v) is 3.66. The fraction of sp³-hybridized carbons (Fsp3) is 0.389. The number of fused-ring (bicyclic) bond motifs is 1. The summed E-state index contributed by atoms with van der Waals surface area (Å²) in [6.45, 7) is 4.55. The van der Waals surface area contributed by atoms with Crippen LogP contribution in [-0.2, 0) is 6.54 Å². The van der Waals surface area contributed by atoms with Gasteiger partial charge in [-0.25, -0.2) is 9.78 Å². The van der Waals surface area contributed by atoms with Gasteiger partial charge < -0.3 is 0 Å². The largest absolute Gasteiger partial charge is 0.330 e. The SMILES string of the molecule is Cc1cccc(C)c1N1Cc2cnc(Cl)nc2N(C2CCC2)C1=O. The number of para-hydroxylation sites is 1. The van der Waals surface area contributed by atoms with E-state index in [1.165, 1.54) is 0 Å². The van der Waals surface area contributed by atoms with E-state index in [1.54, 1.807) is 6.20 Å². The molecule has 1 aliphatic heterocycles. The predicted molar refractivity (Wildman–Crippen MR) is 94.7 cm³/mol. The highest BCUT2D eigenvalue weighted by Crippen LogP contribution is 2.38. The van der Waals surface area contributed by atoms with Crippen LogP contribution in [0.25, 0.3) is 0 Å². The topological polar surface area (TPSA) is 49.3 Å². The molecule has 2 aliphatic rings. The van der Waals surface area contributed by atoms with Crippen LogP contribution in [0.5, 0.6) is 0 Å². The predicted octanol–water partition coefficient (Wildman–Crippen LogP) is 4.25. The Morgan fingerprint density at radius 2 is 1.92 bits per heavy atom. The molecule has 5 nitrogen and oxygen atoms in total. The van der Waals surface area contributed by atoms with Crippen molar-refractivity contribution in [2.45, 2.75) is 45.7 Å². The highest BCUT2D eigenvalue weighted by Gasteiger charge is 2.40. The van der Waals surface area contributed by atoms with Crippen molar-refractivity contribution in [3.05, 3.63) is 46.4 Å². The lowest BCUT2D eigenvalue weighted by molar-refractivity contribution is 0.242. The van der Waals surface area contributed by atoms with Crippen molar-refractivity contribution in [2.24, 2.45) is 0 Å². The normalized spacial score (nSPS) is 17.7. The first-order chi connectivity index (χ1) is 11.6. The summed E-state index contributed by atoms with van der Waals surface area (Å²) in [5.41, 5.74) is 4.10. The Morgan fingerprint density at radius 1 is 1.21 bits per heavy atom. The molecule has 0 saturated heterocycles. The van der Waals surface area contributed by atoms with Crippen LogP contribution in [0.2, 0.25) is 5.28 Å². The fourth-order valence-electron chi connectivity index (χ4n) is 3.54. The summed E-state index contributed by atoms with van der Waals surface area (Å²) in [7, 11) is 0. The second-order valence-corrected chi connectivity index (χ2v) is 6.89. The van der Waals surface area contributed by atoms with Crippen LogP contribution in [0.1, 0.15) is 36.0 Å². The summed E-state index contributed by atoms with van der Waals surface area (Å²) in [5.74, 6) is 0.673. The second kappa shape index (κ2) is 5.74. The highest BCUT2D eigenvalue weighted by molar-refractivity contribution is 6.28. The van der Waals surface area contributed by atoms with Gasteiger partial charge in [0.25, 0.3) is 0 Å². The lowest BCUT2D eigenvalue weighted by Gasteiger charge is -2.43. The van der Waals surface area contributed by atoms with E-state index >= 15 is 0 Å². The molecule has 0 spiro atoms. The summed E-state index contributed by atoms with van der Waals surface area (Å²) < 4.78 is 0. The van der Waals surface area contributed by atoms with Crippen LogP contribution >= 0.6 is 11.6 Å². The number of rotatable bonds is 2. The van der Waals surface area contributed by atoms with Crippen LogP contribution in [0.3, 0.4) is 0 Å². The molecular weight excluding hydrogens is 324 g/mol. The summed E-state index contributed by atoms with van der Waals surface area (Å²) in [4.78, 5) is 25.4. The lowest BCUT2D eigenvalue weighted by Crippen LogP contribution is -2.54. The Morgan fingerprint density at radius 3 is 2.54 bits per heavy atom. The number of aromatic nitrogens is 2. The van der Waals surface area contributed by atoms with E-state index in [4.69, 9.17) is 11.6 Å². The van der Waals surface area contributed by atoms with Gasteiger partial charge in [-0.3, -0.25) is 9.80 Å². The van der Waals surface area contributed by atoms with E-state index in [9.17, 15) is 4.79 Å². The van der Waals surface area contributed by atoms with Gasteiger partial charge in [0, 0.05) is 17.8 Å². The second-order valence-electron chi connectivity index (χ2n) is 6.55. The Hall–Kier alpha value is -2.14. The van der Waals surface area contributed by atoms with Crippen molar-refractivity contribution < 1.29 is 4.79 Å². The molecular formula is C18H19ClN4O. The van der Waals surface area contributed by atoms with E-state index < -0.39 is 0 Å². The van der Waals surface area contributed by atoms with Crippen LogP contribution in [0.4, 0.5) is 16.3 Å². The molecule has 1 aromatic heterocycles. The Labute approximate surface area is 146 Å². The van der Waals surface area contributed by atoms with Gasteiger partial charge in [-0.15, -0.1) is 0 Å². The maximum Gasteiger partial charge on any atom is 0.330 e. The molecule has 2 amide bonds. The highest BCUT2D eigenvalue weighted by atomic mass is 35.5. The number of urea groups is 1. The van der Waals surface area contributed by atoms with E-state index in [1.807, 2.05) is 41.8 Å². The van der Waals surface area contributed by atoms with Gasteiger partial charge in [0.2, 0.25) is 5.28 Å². The number of nitrogens with zero attached hydrogens (tertiary/aromatic N) is 4. The summed E-state index contributed by atoms with van der Waals surface area (Å²) in [5, 5.41) is 0.186. The molecule has 6 heteroatoms. The van der Waals surface area contributed by atoms with Gasteiger partial charge in [-0.05, 0) is 55.8 Å². The number of halogens is 1. The van der Waals surface area contributed by atoms with E-state index in [0.29, 0.717) is 12.4 Å². The minimum Gasteiger partial charge on any atom is -0.289 e. The van der Waals surface area contributed by atoms with Gasteiger partial charge >= 0.3 is 6.03 Å². The molecule has 124 valence electrons. The third kappa shape index (κ3) is 2.35. The van der Waals surface area contributed by atoms with Crippen LogP contribution in [-0.4, -0.2) is 22.0 Å². The van der Waals surface area contributed by atoms with Gasteiger partial charge in [0.1, 0.15) is 5.82 Å². The molecule has 1 saturated carbocycles. The average molecular weight is 343 g/mol. The smallest absolute Gasteiger partial charge is 0.289 e. The number of carbonyl (C=O) groups excluding carboxylic acids is 1. The van der Waals surface area contributed by atoms with Crippen molar-refractivity contribution in [1.29, 1.82) is 0 Å². The van der Waals surface area contributed by atoms with Gasteiger partial charge in [0.15, 0.2) is 0 Å². The van der Waals surface area contributed by atoms with Crippen molar-refractivity contribution >= 4 is 29.1 Å². The number of amides is 2. The van der Waals surface area contributed by atoms with Crippen molar-refractivity contribution in [3.63, 3.8) is 0 Å². The molecule has 4 rings (SSSR count). The first-order valence-electron chi connectivity index (χ1n) is 8.24. The Kier molecular flexibility index (Phi) is 3.68. The van der Waals surface area contributed by atoms with E-state index in [2.05, 4.69) is 9.97 Å². The van der Waals surface area contributed by atoms with Gasteiger partial charge in [-0.1, -0.05) is 18.2 Å². The van der Waals surface area contributed by atoms with Gasteiger partial charge in [0.05, 0.1) is 12.2 Å². The quantitative estimate of drug-likeness (QED) is 0.767. The molecule has 1 fully saturated rings. The minimum absolute atomic E-state index is 0.0145. The standard InChI is InChI=1S/C18H19ClN4O/c1-11-5-3-6-12(2)15(11)22-10-13-9-20-17(19)21-16(13)23(18(22)24)14-7-4-8-14/h3,5-6,9,14H,4,7-8,10H2,1-2H3. The van der Waals surface area contributed by atoms with Crippen LogP contribution < -0.4 is 9.80 Å². The van der Waals surface area contributed by atoms with Crippen LogP contribution in [0.15, 0.2) is 24.4 Å². The summed E-state index contributed by atoms with van der Waals surface area (Å²) in [6.07, 6.45) is 4.90. The van der Waals surface area contributed by atoms with Crippen LogP contribution in [0, 0.1) is 13.8 Å². The average Bonchev–Trinajstić information content (AvgIpc) is 2.49. The first-order valence-corrected chi connectivity index (χ1v) is 8.62. The molecule has 2 aromatic rings. The maximum atomic E-state index is 13.3. The molecule has 24 heavy (non-hydrogen) atoms. The van der Waals surface area contributed by atoms with E-state index in [-0.39, 0.29) is 17.4 Å². The molecule has 0 bridgehead atoms. The zero-order valence-corrected chi connectivity index (χ0v) is 14.5. The number of hydrogen-bond donors (Lipinski definition) is 0. The number of carbonyl (C=O) groups is 1. The zero-order valence-electron chi connectivity index (χ0n) is 13.8. The third-order valence-electron chi connectivity index (χ3n) is 4.96. The zero-order chi connectivity index (χ0) is 16.8. The lowest BCUT2D eigenvalue weighted by atomic mass is 9.90. The molecule has 0 atom stereocenters. The molecule has 0 unspecified atom stereocenters. The molecule has 0 radical (unpaired) electrons. The Balaban J connectivity index is 1.84. The third-order valence-corrected chi connectivity index (χ3v) is 5.14. The number of anilines is 2. The number of hydrogen-bond acceptors (Lipinski definition) is 3. The molecule has 0 N–H and O–H groups in total. The van der Waals surface area contributed by atoms with Crippen molar-refractivity contribution in [3.8, 4) is 0 Å². The van der Waals surface area contributed by atoms with E-state index in [0.717, 1.165) is 41.6 Å². The molecule has 2 heterocycles. The summed E-state index contributed by atoms with van der Waals surface area (Å²) >= 11 is 5.99. The summed E-state index contributed by atoms with van der Waals surface area (Å²) in [6, 6.07) is 6.28. The monoisotopic (exact) mass is 342 g/mol. The Bertz CT molecular complexity index is 798. The maximum absolute atomic E-state index is 13.3.